The summed E-state index contributed by atoms with van der Waals surface area (Å²) in [5, 5.41) is 3.31. The molecule has 2 rings (SSSR count). The third kappa shape index (κ3) is 2.21. The number of amides is 1. The van der Waals surface area contributed by atoms with Gasteiger partial charge in [-0.15, -0.1) is 0 Å². The minimum Gasteiger partial charge on any atom is -0.469 e. The SMILES string of the molecule is Cc1cc(C(=O)N2CCN[C@@H](C)C2)co1. The van der Waals surface area contributed by atoms with E-state index in [9.17, 15) is 4.79 Å². The summed E-state index contributed by atoms with van der Waals surface area (Å²) < 4.78 is 5.14. The summed E-state index contributed by atoms with van der Waals surface area (Å²) in [6.07, 6.45) is 1.53. The Labute approximate surface area is 89.2 Å². The Bertz CT molecular complexity index is 359. The van der Waals surface area contributed by atoms with Crippen LogP contribution in [0.1, 0.15) is 23.0 Å². The molecular formula is C11H16N2O2. The van der Waals surface area contributed by atoms with Crippen LogP contribution < -0.4 is 5.32 Å². The van der Waals surface area contributed by atoms with E-state index >= 15 is 0 Å². The molecule has 0 unspecified atom stereocenters. The maximum Gasteiger partial charge on any atom is 0.257 e. The number of hydrogen-bond acceptors (Lipinski definition) is 3. The molecule has 1 aliphatic rings. The van der Waals surface area contributed by atoms with Crippen molar-refractivity contribution >= 4 is 5.91 Å². The fourth-order valence-corrected chi connectivity index (χ4v) is 1.85. The average molecular weight is 208 g/mol. The number of rotatable bonds is 1. The molecule has 1 aromatic rings. The van der Waals surface area contributed by atoms with E-state index < -0.39 is 0 Å². The van der Waals surface area contributed by atoms with Crippen LogP contribution in [0.15, 0.2) is 16.7 Å². The number of nitrogens with zero attached hydrogens (tertiary/aromatic N) is 1. The van der Waals surface area contributed by atoms with Gasteiger partial charge in [-0.1, -0.05) is 0 Å². The van der Waals surface area contributed by atoms with Crippen molar-refractivity contribution in [1.29, 1.82) is 0 Å². The second kappa shape index (κ2) is 4.06. The fourth-order valence-electron chi connectivity index (χ4n) is 1.85. The zero-order valence-electron chi connectivity index (χ0n) is 9.12. The van der Waals surface area contributed by atoms with Gasteiger partial charge in [-0.25, -0.2) is 0 Å². The molecular weight excluding hydrogens is 192 g/mol. The minimum absolute atomic E-state index is 0.0696. The normalized spacial score (nSPS) is 21.7. The van der Waals surface area contributed by atoms with Gasteiger partial charge in [0.25, 0.3) is 5.91 Å². The van der Waals surface area contributed by atoms with Gasteiger partial charge in [-0.05, 0) is 19.9 Å². The number of piperazine rings is 1. The van der Waals surface area contributed by atoms with Crippen molar-refractivity contribution in [3.63, 3.8) is 0 Å². The Kier molecular flexibility index (Phi) is 2.77. The Morgan fingerprint density at radius 1 is 1.67 bits per heavy atom. The number of furan rings is 1. The predicted molar refractivity (Wildman–Crippen MR) is 56.8 cm³/mol. The molecule has 0 aliphatic carbocycles. The Morgan fingerprint density at radius 3 is 3.07 bits per heavy atom. The summed E-state index contributed by atoms with van der Waals surface area (Å²) in [6.45, 7) is 6.33. The maximum absolute atomic E-state index is 12.0. The molecule has 1 fully saturated rings. The molecule has 1 aromatic heterocycles. The van der Waals surface area contributed by atoms with Crippen molar-refractivity contribution in [1.82, 2.24) is 10.2 Å². The third-order valence-electron chi connectivity index (χ3n) is 2.63. The highest BCUT2D eigenvalue weighted by Crippen LogP contribution is 2.11. The van der Waals surface area contributed by atoms with E-state index in [0.717, 1.165) is 25.4 Å². The van der Waals surface area contributed by atoms with Gasteiger partial charge in [0.1, 0.15) is 12.0 Å². The first kappa shape index (κ1) is 10.2. The van der Waals surface area contributed by atoms with Gasteiger partial charge in [0.05, 0.1) is 5.56 Å². The molecule has 1 saturated heterocycles. The van der Waals surface area contributed by atoms with E-state index in [-0.39, 0.29) is 5.91 Å². The standard InChI is InChI=1S/C11H16N2O2/c1-8-6-13(4-3-12-8)11(14)10-5-9(2)15-7-10/h5,7-8,12H,3-4,6H2,1-2H3/t8-/m0/s1. The number of carbonyl (C=O) groups is 1. The lowest BCUT2D eigenvalue weighted by Gasteiger charge is -2.31. The quantitative estimate of drug-likeness (QED) is 0.749. The van der Waals surface area contributed by atoms with Gasteiger partial charge in [-0.3, -0.25) is 4.79 Å². The van der Waals surface area contributed by atoms with E-state index in [1.807, 2.05) is 11.8 Å². The van der Waals surface area contributed by atoms with Crippen molar-refractivity contribution < 1.29 is 9.21 Å². The number of hydrogen-bond donors (Lipinski definition) is 1. The second-order valence-corrected chi connectivity index (χ2v) is 4.05. The van der Waals surface area contributed by atoms with Crippen LogP contribution in [0.3, 0.4) is 0 Å². The topological polar surface area (TPSA) is 45.5 Å². The lowest BCUT2D eigenvalue weighted by molar-refractivity contribution is 0.0708. The lowest BCUT2D eigenvalue weighted by Crippen LogP contribution is -2.51. The first-order valence-electron chi connectivity index (χ1n) is 5.24. The summed E-state index contributed by atoms with van der Waals surface area (Å²) in [5.74, 6) is 0.849. The molecule has 82 valence electrons. The monoisotopic (exact) mass is 208 g/mol. The summed E-state index contributed by atoms with van der Waals surface area (Å²) in [6, 6.07) is 2.16. The molecule has 15 heavy (non-hydrogen) atoms. The Hall–Kier alpha value is -1.29. The molecule has 0 spiro atoms. The number of carbonyl (C=O) groups excluding carboxylic acids is 1. The molecule has 0 aromatic carbocycles. The van der Waals surface area contributed by atoms with E-state index in [0.29, 0.717) is 11.6 Å². The van der Waals surface area contributed by atoms with E-state index in [1.165, 1.54) is 6.26 Å². The largest absolute Gasteiger partial charge is 0.469 e. The van der Waals surface area contributed by atoms with Crippen LogP contribution >= 0.6 is 0 Å². The van der Waals surface area contributed by atoms with Gasteiger partial charge < -0.3 is 14.6 Å². The van der Waals surface area contributed by atoms with Crippen LogP contribution in [-0.2, 0) is 0 Å². The van der Waals surface area contributed by atoms with Crippen molar-refractivity contribution in [3.05, 3.63) is 23.7 Å². The van der Waals surface area contributed by atoms with E-state index in [2.05, 4.69) is 12.2 Å². The maximum atomic E-state index is 12.0. The van der Waals surface area contributed by atoms with Gasteiger partial charge in [0.15, 0.2) is 0 Å². The molecule has 1 aliphatic heterocycles. The molecule has 0 radical (unpaired) electrons. The van der Waals surface area contributed by atoms with Crippen LogP contribution in [0, 0.1) is 6.92 Å². The molecule has 4 nitrogen and oxygen atoms in total. The van der Waals surface area contributed by atoms with Gasteiger partial charge in [-0.2, -0.15) is 0 Å². The lowest BCUT2D eigenvalue weighted by atomic mass is 10.2. The van der Waals surface area contributed by atoms with E-state index in [1.54, 1.807) is 6.07 Å². The zero-order valence-corrected chi connectivity index (χ0v) is 9.12. The highest BCUT2D eigenvalue weighted by molar-refractivity contribution is 5.94. The van der Waals surface area contributed by atoms with Crippen molar-refractivity contribution in [2.24, 2.45) is 0 Å². The third-order valence-corrected chi connectivity index (χ3v) is 2.63. The first-order valence-corrected chi connectivity index (χ1v) is 5.24. The van der Waals surface area contributed by atoms with Crippen LogP contribution in [-0.4, -0.2) is 36.5 Å². The van der Waals surface area contributed by atoms with Gasteiger partial charge >= 0.3 is 0 Å². The molecule has 1 atom stereocenters. The number of nitrogens with one attached hydrogen (secondary N) is 1. The molecule has 2 heterocycles. The molecule has 0 bridgehead atoms. The summed E-state index contributed by atoms with van der Waals surface area (Å²) >= 11 is 0. The summed E-state index contributed by atoms with van der Waals surface area (Å²) in [5.41, 5.74) is 0.654. The predicted octanol–water partition coefficient (Wildman–Crippen LogP) is 1.02. The summed E-state index contributed by atoms with van der Waals surface area (Å²) in [4.78, 5) is 13.9. The molecule has 0 saturated carbocycles. The van der Waals surface area contributed by atoms with Crippen molar-refractivity contribution in [3.8, 4) is 0 Å². The summed E-state index contributed by atoms with van der Waals surface area (Å²) in [7, 11) is 0. The second-order valence-electron chi connectivity index (χ2n) is 4.05. The van der Waals surface area contributed by atoms with Crippen LogP contribution in [0.2, 0.25) is 0 Å². The first-order chi connectivity index (χ1) is 7.16. The van der Waals surface area contributed by atoms with Gasteiger partial charge in [0.2, 0.25) is 0 Å². The van der Waals surface area contributed by atoms with Crippen LogP contribution in [0.4, 0.5) is 0 Å². The Balaban J connectivity index is 2.07. The van der Waals surface area contributed by atoms with Crippen molar-refractivity contribution in [2.45, 2.75) is 19.9 Å². The smallest absolute Gasteiger partial charge is 0.257 e. The van der Waals surface area contributed by atoms with Crippen LogP contribution in [0.5, 0.6) is 0 Å². The van der Waals surface area contributed by atoms with E-state index in [4.69, 9.17) is 4.42 Å². The molecule has 1 amide bonds. The highest BCUT2D eigenvalue weighted by Gasteiger charge is 2.22. The minimum atomic E-state index is 0.0696. The number of aryl methyl sites for hydroxylation is 1. The Morgan fingerprint density at radius 2 is 2.47 bits per heavy atom. The zero-order chi connectivity index (χ0) is 10.8. The molecule has 4 heteroatoms. The van der Waals surface area contributed by atoms with Gasteiger partial charge in [0, 0.05) is 25.7 Å². The van der Waals surface area contributed by atoms with Crippen molar-refractivity contribution in [2.75, 3.05) is 19.6 Å². The fraction of sp³-hybridized carbons (Fsp3) is 0.545. The highest BCUT2D eigenvalue weighted by atomic mass is 16.3. The van der Waals surface area contributed by atoms with Crippen LogP contribution in [0.25, 0.3) is 0 Å². The average Bonchev–Trinajstić information content (AvgIpc) is 2.64. The molecule has 1 N–H and O–H groups in total.